The molecule has 3 nitrogen and oxygen atoms in total. The monoisotopic (exact) mass is 416 g/mol. The first kappa shape index (κ1) is 20.2. The molecule has 0 radical (unpaired) electrons. The highest BCUT2D eigenvalue weighted by Crippen LogP contribution is 2.24. The molecule has 2 aromatic carbocycles. The Morgan fingerprint density at radius 3 is 2.56 bits per heavy atom. The first-order chi connectivity index (χ1) is 13.0. The Kier molecular flexibility index (Phi) is 6.84. The van der Waals surface area contributed by atoms with E-state index in [1.807, 2.05) is 0 Å². The minimum Gasteiger partial charge on any atom is -0.315 e. The Hall–Kier alpha value is -1.50. The first-order valence-electron chi connectivity index (χ1n) is 8.84. The Labute approximate surface area is 172 Å². The van der Waals surface area contributed by atoms with E-state index in [1.54, 1.807) is 34.9 Å². The van der Waals surface area contributed by atoms with E-state index in [2.05, 4.69) is 73.0 Å². The summed E-state index contributed by atoms with van der Waals surface area (Å²) in [6.07, 6.45) is 2.10. The lowest BCUT2D eigenvalue weighted by molar-refractivity contribution is -0.115. The Bertz CT molecular complexity index is 1020. The van der Waals surface area contributed by atoms with Crippen LogP contribution in [0.4, 0.5) is 0 Å². The summed E-state index contributed by atoms with van der Waals surface area (Å²) in [7, 11) is 0. The van der Waals surface area contributed by atoms with Crippen molar-refractivity contribution in [1.82, 2.24) is 4.57 Å². The number of nitrogens with zero attached hydrogens (tertiary/aromatic N) is 2. The van der Waals surface area contributed by atoms with Gasteiger partial charge in [0.2, 0.25) is 0 Å². The van der Waals surface area contributed by atoms with Crippen LogP contribution in [0.5, 0.6) is 0 Å². The van der Waals surface area contributed by atoms with Crippen molar-refractivity contribution in [3.63, 3.8) is 0 Å². The molecular weight excluding hydrogens is 392 g/mol. The zero-order chi connectivity index (χ0) is 19.4. The second-order valence-electron chi connectivity index (χ2n) is 6.57. The maximum atomic E-state index is 12.5. The highest BCUT2D eigenvalue weighted by molar-refractivity contribution is 8.00. The molecule has 0 saturated carbocycles. The molecule has 0 aliphatic carbocycles. The van der Waals surface area contributed by atoms with E-state index in [4.69, 9.17) is 0 Å². The summed E-state index contributed by atoms with van der Waals surface area (Å²) in [5, 5.41) is 0. The van der Waals surface area contributed by atoms with Crippen LogP contribution in [0.1, 0.15) is 16.7 Å². The molecule has 27 heavy (non-hydrogen) atoms. The Morgan fingerprint density at radius 2 is 1.85 bits per heavy atom. The van der Waals surface area contributed by atoms with E-state index >= 15 is 0 Å². The van der Waals surface area contributed by atoms with Crippen LogP contribution in [0.3, 0.4) is 0 Å². The van der Waals surface area contributed by atoms with Gasteiger partial charge in [0.05, 0.1) is 16.0 Å². The predicted molar refractivity (Wildman–Crippen MR) is 120 cm³/mol. The summed E-state index contributed by atoms with van der Waals surface area (Å²) in [5.74, 6) is 1.27. The summed E-state index contributed by atoms with van der Waals surface area (Å²) in [4.78, 5) is 18.9. The lowest BCUT2D eigenvalue weighted by Gasteiger charge is -2.05. The van der Waals surface area contributed by atoms with Crippen LogP contribution in [-0.4, -0.2) is 28.2 Å². The number of carbonyl (C=O) groups excluding carboxylic acids is 1. The van der Waals surface area contributed by atoms with Crippen LogP contribution in [0, 0.1) is 20.8 Å². The van der Waals surface area contributed by atoms with Crippen LogP contribution in [0.2, 0.25) is 0 Å². The number of benzene rings is 2. The quantitative estimate of drug-likeness (QED) is 0.517. The van der Waals surface area contributed by atoms with Crippen molar-refractivity contribution in [2.75, 3.05) is 17.8 Å². The van der Waals surface area contributed by atoms with Crippen molar-refractivity contribution in [3.8, 4) is 0 Å². The molecule has 142 valence electrons. The lowest BCUT2D eigenvalue weighted by atomic mass is 10.1. The molecule has 0 saturated heterocycles. The summed E-state index contributed by atoms with van der Waals surface area (Å²) in [6.45, 7) is 7.17. The standard InChI is InChI=1S/C21H24N2OS3/c1-14-5-7-17(8-6-14)26-13-19(24)22-21-23(9-10-25-4)18-12-15(2)11-16(3)20(18)27-21/h5-8,11-12H,9-10,13H2,1-4H3. The molecule has 1 amide bonds. The van der Waals surface area contributed by atoms with E-state index in [1.165, 1.54) is 26.9 Å². The van der Waals surface area contributed by atoms with Gasteiger partial charge in [-0.1, -0.05) is 35.1 Å². The van der Waals surface area contributed by atoms with E-state index in [0.29, 0.717) is 5.75 Å². The molecule has 0 spiro atoms. The maximum Gasteiger partial charge on any atom is 0.258 e. The van der Waals surface area contributed by atoms with E-state index in [9.17, 15) is 4.79 Å². The number of hydrogen-bond donors (Lipinski definition) is 0. The molecule has 0 atom stereocenters. The van der Waals surface area contributed by atoms with Crippen molar-refractivity contribution < 1.29 is 4.79 Å². The summed E-state index contributed by atoms with van der Waals surface area (Å²) >= 11 is 4.97. The number of carbonyl (C=O) groups is 1. The number of thiazole rings is 1. The fourth-order valence-corrected chi connectivity index (χ4v) is 5.09. The number of fused-ring (bicyclic) bond motifs is 1. The normalized spacial score (nSPS) is 12.1. The molecule has 6 heteroatoms. The Balaban J connectivity index is 1.90. The highest BCUT2D eigenvalue weighted by atomic mass is 32.2. The first-order valence-corrected chi connectivity index (χ1v) is 12.0. The molecule has 0 aliphatic heterocycles. The summed E-state index contributed by atoms with van der Waals surface area (Å²) < 4.78 is 3.42. The molecule has 1 heterocycles. The number of thioether (sulfide) groups is 2. The van der Waals surface area contributed by atoms with Gasteiger partial charge in [0.15, 0.2) is 4.80 Å². The molecule has 0 unspecified atom stereocenters. The molecule has 3 rings (SSSR count). The molecule has 3 aromatic rings. The van der Waals surface area contributed by atoms with Crippen LogP contribution in [0.15, 0.2) is 46.3 Å². The smallest absolute Gasteiger partial charge is 0.258 e. The van der Waals surface area contributed by atoms with Crippen molar-refractivity contribution in [1.29, 1.82) is 0 Å². The van der Waals surface area contributed by atoms with E-state index in [-0.39, 0.29) is 5.91 Å². The minimum absolute atomic E-state index is 0.0839. The number of aryl methyl sites for hydroxylation is 4. The van der Waals surface area contributed by atoms with Gasteiger partial charge < -0.3 is 4.57 Å². The van der Waals surface area contributed by atoms with E-state index < -0.39 is 0 Å². The SMILES string of the molecule is CSCCn1c(=NC(=O)CSc2ccc(C)cc2)sc2c(C)cc(C)cc21. The van der Waals surface area contributed by atoms with Crippen LogP contribution in [0.25, 0.3) is 10.2 Å². The largest absolute Gasteiger partial charge is 0.315 e. The van der Waals surface area contributed by atoms with Crippen molar-refractivity contribution in [2.45, 2.75) is 32.2 Å². The number of amides is 1. The van der Waals surface area contributed by atoms with Gasteiger partial charge in [-0.2, -0.15) is 16.8 Å². The Morgan fingerprint density at radius 1 is 1.11 bits per heavy atom. The summed E-state index contributed by atoms with van der Waals surface area (Å²) in [6, 6.07) is 12.6. The predicted octanol–water partition coefficient (Wildman–Crippen LogP) is 5.21. The molecule has 0 N–H and O–H groups in total. The summed E-state index contributed by atoms with van der Waals surface area (Å²) in [5.41, 5.74) is 4.89. The van der Waals surface area contributed by atoms with Gasteiger partial charge in [-0.15, -0.1) is 11.8 Å². The van der Waals surface area contributed by atoms with Crippen molar-refractivity contribution in [3.05, 3.63) is 57.9 Å². The third-order valence-corrected chi connectivity index (χ3v) is 7.05. The maximum absolute atomic E-state index is 12.5. The fourth-order valence-electron chi connectivity index (χ4n) is 2.91. The molecular formula is C21H24N2OS3. The van der Waals surface area contributed by atoms with Gasteiger partial charge in [0.25, 0.3) is 5.91 Å². The van der Waals surface area contributed by atoms with Gasteiger partial charge in [0, 0.05) is 17.2 Å². The van der Waals surface area contributed by atoms with Crippen molar-refractivity contribution >= 4 is 51.0 Å². The lowest BCUT2D eigenvalue weighted by Crippen LogP contribution is -2.18. The van der Waals surface area contributed by atoms with Gasteiger partial charge in [0.1, 0.15) is 0 Å². The second kappa shape index (κ2) is 9.13. The van der Waals surface area contributed by atoms with E-state index in [0.717, 1.165) is 22.0 Å². The van der Waals surface area contributed by atoms with Gasteiger partial charge in [-0.05, 0) is 56.4 Å². The zero-order valence-corrected chi connectivity index (χ0v) is 18.6. The number of rotatable bonds is 6. The average Bonchev–Trinajstić information content (AvgIpc) is 2.97. The zero-order valence-electron chi connectivity index (χ0n) is 16.1. The second-order valence-corrected chi connectivity index (χ2v) is 9.58. The van der Waals surface area contributed by atoms with Crippen LogP contribution < -0.4 is 4.80 Å². The topological polar surface area (TPSA) is 34.4 Å². The van der Waals surface area contributed by atoms with Gasteiger partial charge in [-0.3, -0.25) is 4.79 Å². The minimum atomic E-state index is -0.0839. The molecule has 1 aromatic heterocycles. The van der Waals surface area contributed by atoms with Crippen LogP contribution in [-0.2, 0) is 11.3 Å². The van der Waals surface area contributed by atoms with Crippen LogP contribution >= 0.6 is 34.9 Å². The third-order valence-electron chi connectivity index (χ3n) is 4.24. The number of aromatic nitrogens is 1. The van der Waals surface area contributed by atoms with Crippen molar-refractivity contribution in [2.24, 2.45) is 4.99 Å². The molecule has 0 aliphatic rings. The number of hydrogen-bond acceptors (Lipinski definition) is 4. The molecule has 0 fully saturated rings. The van der Waals surface area contributed by atoms with Gasteiger partial charge >= 0.3 is 0 Å². The average molecular weight is 417 g/mol. The van der Waals surface area contributed by atoms with Gasteiger partial charge in [-0.25, -0.2) is 0 Å². The highest BCUT2D eigenvalue weighted by Gasteiger charge is 2.11. The third kappa shape index (κ3) is 5.06. The fraction of sp³-hybridized carbons (Fsp3) is 0.333. The molecule has 0 bridgehead atoms.